The first-order chi connectivity index (χ1) is 7.74. The van der Waals surface area contributed by atoms with Crippen molar-refractivity contribution in [2.24, 2.45) is 0 Å². The summed E-state index contributed by atoms with van der Waals surface area (Å²) in [4.78, 5) is 0. The van der Waals surface area contributed by atoms with Crippen LogP contribution in [-0.2, 0) is 5.41 Å². The molecule has 1 N–H and O–H groups in total. The first kappa shape index (κ1) is 14.3. The summed E-state index contributed by atoms with van der Waals surface area (Å²) >= 11 is 0. The van der Waals surface area contributed by atoms with Crippen LogP contribution >= 0.6 is 0 Å². The standard InChI is InChI=1S/C14H24O2Si/c1-14(2,3)12-6-8-13(9-7-12)16-17(4,5)11-10-15/h6-9,15H,10-11H2,1-5H3. The molecule has 0 aliphatic heterocycles. The molecule has 0 fully saturated rings. The maximum atomic E-state index is 8.99. The normalized spacial score (nSPS) is 12.6. The molecule has 0 aromatic heterocycles. The summed E-state index contributed by atoms with van der Waals surface area (Å²) in [7, 11) is -1.76. The molecular weight excluding hydrogens is 228 g/mol. The van der Waals surface area contributed by atoms with Gasteiger partial charge in [0, 0.05) is 6.61 Å². The molecule has 0 saturated carbocycles. The van der Waals surface area contributed by atoms with Gasteiger partial charge in [-0.05, 0) is 42.2 Å². The smallest absolute Gasteiger partial charge is 0.247 e. The molecule has 0 unspecified atom stereocenters. The van der Waals surface area contributed by atoms with E-state index in [0.717, 1.165) is 11.8 Å². The number of hydrogen-bond acceptors (Lipinski definition) is 2. The molecule has 1 aromatic rings. The van der Waals surface area contributed by atoms with Crippen LogP contribution in [0.5, 0.6) is 5.75 Å². The molecular formula is C14H24O2Si. The van der Waals surface area contributed by atoms with E-state index in [1.54, 1.807) is 0 Å². The Bertz CT molecular complexity index is 349. The molecule has 1 aromatic carbocycles. The number of aliphatic hydroxyl groups excluding tert-OH is 1. The Morgan fingerprint density at radius 1 is 1.12 bits per heavy atom. The Morgan fingerprint density at radius 3 is 2.06 bits per heavy atom. The summed E-state index contributed by atoms with van der Waals surface area (Å²) in [5, 5.41) is 8.99. The molecule has 0 aliphatic rings. The maximum absolute atomic E-state index is 8.99. The van der Waals surface area contributed by atoms with Crippen molar-refractivity contribution < 1.29 is 9.53 Å². The quantitative estimate of drug-likeness (QED) is 0.830. The molecule has 2 nitrogen and oxygen atoms in total. The molecule has 0 heterocycles. The summed E-state index contributed by atoms with van der Waals surface area (Å²) in [6.07, 6.45) is 0. The zero-order chi connectivity index (χ0) is 13.1. The Hall–Kier alpha value is -0.803. The van der Waals surface area contributed by atoms with Gasteiger partial charge in [-0.15, -0.1) is 0 Å². The van der Waals surface area contributed by atoms with Crippen molar-refractivity contribution in [1.29, 1.82) is 0 Å². The first-order valence-electron chi connectivity index (χ1n) is 6.15. The van der Waals surface area contributed by atoms with Crippen LogP contribution in [0.4, 0.5) is 0 Å². The lowest BCUT2D eigenvalue weighted by molar-refractivity contribution is 0.311. The Kier molecular flexibility index (Phi) is 4.39. The molecule has 0 bridgehead atoms. The van der Waals surface area contributed by atoms with Crippen molar-refractivity contribution in [3.8, 4) is 5.75 Å². The van der Waals surface area contributed by atoms with Crippen molar-refractivity contribution in [1.82, 2.24) is 0 Å². The average molecular weight is 252 g/mol. The highest BCUT2D eigenvalue weighted by Crippen LogP contribution is 2.25. The highest BCUT2D eigenvalue weighted by Gasteiger charge is 2.23. The van der Waals surface area contributed by atoms with Crippen LogP contribution in [0.2, 0.25) is 19.1 Å². The molecule has 0 atom stereocenters. The molecule has 96 valence electrons. The summed E-state index contributed by atoms with van der Waals surface area (Å²) in [5.74, 6) is 0.920. The minimum atomic E-state index is -1.76. The third kappa shape index (κ3) is 4.52. The van der Waals surface area contributed by atoms with Crippen LogP contribution in [0.15, 0.2) is 24.3 Å². The maximum Gasteiger partial charge on any atom is 0.247 e. The van der Waals surface area contributed by atoms with Crippen molar-refractivity contribution in [3.05, 3.63) is 29.8 Å². The lowest BCUT2D eigenvalue weighted by Gasteiger charge is -2.24. The zero-order valence-electron chi connectivity index (χ0n) is 11.6. The fourth-order valence-corrected chi connectivity index (χ4v) is 3.08. The second kappa shape index (κ2) is 5.23. The van der Waals surface area contributed by atoms with E-state index >= 15 is 0 Å². The van der Waals surface area contributed by atoms with Crippen LogP contribution in [0, 0.1) is 0 Å². The van der Waals surface area contributed by atoms with E-state index < -0.39 is 8.32 Å². The average Bonchev–Trinajstić information content (AvgIpc) is 2.16. The topological polar surface area (TPSA) is 29.5 Å². The summed E-state index contributed by atoms with van der Waals surface area (Å²) in [6, 6.07) is 9.09. The van der Waals surface area contributed by atoms with Crippen molar-refractivity contribution in [2.75, 3.05) is 6.61 Å². The van der Waals surface area contributed by atoms with E-state index in [1.807, 2.05) is 12.1 Å². The van der Waals surface area contributed by atoms with Gasteiger partial charge in [0.1, 0.15) is 5.75 Å². The molecule has 0 aliphatic carbocycles. The van der Waals surface area contributed by atoms with Crippen molar-refractivity contribution in [3.63, 3.8) is 0 Å². The lowest BCUT2D eigenvalue weighted by Crippen LogP contribution is -2.35. The first-order valence-corrected chi connectivity index (χ1v) is 9.26. The molecule has 0 radical (unpaired) electrons. The van der Waals surface area contributed by atoms with Crippen LogP contribution in [0.3, 0.4) is 0 Å². The van der Waals surface area contributed by atoms with E-state index in [4.69, 9.17) is 9.53 Å². The summed E-state index contributed by atoms with van der Waals surface area (Å²) in [6.45, 7) is 11.1. The predicted octanol–water partition coefficient (Wildman–Crippen LogP) is 3.56. The Balaban J connectivity index is 2.75. The van der Waals surface area contributed by atoms with Crippen LogP contribution in [0.1, 0.15) is 26.3 Å². The minimum absolute atomic E-state index is 0.177. The van der Waals surface area contributed by atoms with Gasteiger partial charge in [0.05, 0.1) is 0 Å². The summed E-state index contributed by atoms with van der Waals surface area (Å²) in [5.41, 5.74) is 1.49. The van der Waals surface area contributed by atoms with Gasteiger partial charge >= 0.3 is 0 Å². The minimum Gasteiger partial charge on any atom is -0.544 e. The Labute approximate surface area is 106 Å². The summed E-state index contributed by atoms with van der Waals surface area (Å²) < 4.78 is 5.99. The fraction of sp³-hybridized carbons (Fsp3) is 0.571. The van der Waals surface area contributed by atoms with E-state index in [9.17, 15) is 0 Å². The molecule has 0 saturated heterocycles. The van der Waals surface area contributed by atoms with Crippen molar-refractivity contribution in [2.45, 2.75) is 45.3 Å². The van der Waals surface area contributed by atoms with Gasteiger partial charge in [0.15, 0.2) is 0 Å². The molecule has 3 heteroatoms. The highest BCUT2D eigenvalue weighted by atomic mass is 28.4. The van der Waals surface area contributed by atoms with Gasteiger partial charge in [-0.3, -0.25) is 0 Å². The fourth-order valence-electron chi connectivity index (χ4n) is 1.66. The number of benzene rings is 1. The molecule has 0 amide bonds. The highest BCUT2D eigenvalue weighted by molar-refractivity contribution is 6.71. The largest absolute Gasteiger partial charge is 0.544 e. The monoisotopic (exact) mass is 252 g/mol. The number of aliphatic hydroxyl groups is 1. The predicted molar refractivity (Wildman–Crippen MR) is 75.1 cm³/mol. The van der Waals surface area contributed by atoms with E-state index in [-0.39, 0.29) is 12.0 Å². The van der Waals surface area contributed by atoms with E-state index in [1.165, 1.54) is 5.56 Å². The number of hydrogen-bond donors (Lipinski definition) is 1. The van der Waals surface area contributed by atoms with Gasteiger partial charge in [-0.2, -0.15) is 0 Å². The van der Waals surface area contributed by atoms with Gasteiger partial charge in [0.25, 0.3) is 0 Å². The van der Waals surface area contributed by atoms with E-state index in [2.05, 4.69) is 46.0 Å². The SMILES string of the molecule is CC(C)(C)c1ccc(O[Si](C)(C)CCO)cc1. The van der Waals surface area contributed by atoms with Gasteiger partial charge in [0.2, 0.25) is 8.32 Å². The van der Waals surface area contributed by atoms with Crippen LogP contribution < -0.4 is 4.43 Å². The molecule has 1 rings (SSSR count). The molecule has 0 spiro atoms. The van der Waals surface area contributed by atoms with E-state index in [0.29, 0.717) is 0 Å². The van der Waals surface area contributed by atoms with Crippen LogP contribution in [0.25, 0.3) is 0 Å². The van der Waals surface area contributed by atoms with Crippen molar-refractivity contribution >= 4 is 8.32 Å². The van der Waals surface area contributed by atoms with Crippen LogP contribution in [-0.4, -0.2) is 20.0 Å². The third-order valence-electron chi connectivity index (χ3n) is 2.83. The lowest BCUT2D eigenvalue weighted by atomic mass is 9.87. The zero-order valence-corrected chi connectivity index (χ0v) is 12.6. The second-order valence-corrected chi connectivity index (χ2v) is 10.3. The third-order valence-corrected chi connectivity index (χ3v) is 5.04. The van der Waals surface area contributed by atoms with Gasteiger partial charge < -0.3 is 9.53 Å². The number of rotatable bonds is 4. The molecule has 17 heavy (non-hydrogen) atoms. The van der Waals surface area contributed by atoms with Gasteiger partial charge in [-0.1, -0.05) is 32.9 Å². The van der Waals surface area contributed by atoms with Gasteiger partial charge in [-0.25, -0.2) is 0 Å². The second-order valence-electron chi connectivity index (χ2n) is 6.11. The Morgan fingerprint density at radius 2 is 1.65 bits per heavy atom.